The number of anilines is 2. The maximum absolute atomic E-state index is 13.3. The van der Waals surface area contributed by atoms with Crippen molar-refractivity contribution in [1.29, 1.82) is 0 Å². The number of hydrogen-bond acceptors (Lipinski definition) is 5. The third-order valence-corrected chi connectivity index (χ3v) is 7.99. The van der Waals surface area contributed by atoms with E-state index in [-0.39, 0.29) is 41.8 Å². The predicted octanol–water partition coefficient (Wildman–Crippen LogP) is 2.56. The Morgan fingerprint density at radius 3 is 2.16 bits per heavy atom. The average Bonchev–Trinajstić information content (AvgIpc) is 3.15. The van der Waals surface area contributed by atoms with E-state index in [1.54, 1.807) is 4.90 Å². The molecular formula is C24H29N3O4S. The lowest BCUT2D eigenvalue weighted by Gasteiger charge is -2.34. The number of hydrogen-bond donors (Lipinski definition) is 1. The minimum atomic E-state index is -3.11. The highest BCUT2D eigenvalue weighted by Crippen LogP contribution is 2.26. The summed E-state index contributed by atoms with van der Waals surface area (Å²) in [6.45, 7) is 1.53. The van der Waals surface area contributed by atoms with Crippen molar-refractivity contribution in [2.24, 2.45) is 5.92 Å². The molecule has 2 aliphatic heterocycles. The van der Waals surface area contributed by atoms with Gasteiger partial charge in [-0.3, -0.25) is 14.5 Å². The summed E-state index contributed by atoms with van der Waals surface area (Å²) in [5.74, 6) is -0.0209. The lowest BCUT2D eigenvalue weighted by molar-refractivity contribution is -0.122. The summed E-state index contributed by atoms with van der Waals surface area (Å²) in [6.07, 6.45) is 1.84. The molecule has 2 saturated heterocycles. The van der Waals surface area contributed by atoms with E-state index in [2.05, 4.69) is 10.2 Å². The molecule has 0 bridgehead atoms. The molecule has 2 aromatic carbocycles. The standard InChI is InChI=1S/C24H29N3O4S/c28-23(27(21-9-5-2-6-10-21)22-13-16-32(30,31)18-22)17-26-14-11-19(12-15-26)24(29)25-20-7-3-1-4-8-20/h1-10,19,22H,11-18H2,(H,25,29)/t22-/m0/s1. The Balaban J connectivity index is 1.36. The fourth-order valence-electron chi connectivity index (χ4n) is 4.51. The molecule has 2 aliphatic rings. The number of carbonyl (C=O) groups excluding carboxylic acids is 2. The molecule has 0 saturated carbocycles. The van der Waals surface area contributed by atoms with E-state index < -0.39 is 9.84 Å². The molecule has 4 rings (SSSR count). The number of para-hydroxylation sites is 2. The summed E-state index contributed by atoms with van der Waals surface area (Å²) in [7, 11) is -3.11. The number of benzene rings is 2. The number of amides is 2. The number of nitrogens with zero attached hydrogens (tertiary/aromatic N) is 2. The third kappa shape index (κ3) is 5.55. The van der Waals surface area contributed by atoms with Crippen LogP contribution in [-0.2, 0) is 19.4 Å². The number of likely N-dealkylation sites (tertiary alicyclic amines) is 1. The third-order valence-electron chi connectivity index (χ3n) is 6.24. The van der Waals surface area contributed by atoms with Crippen LogP contribution in [0.5, 0.6) is 0 Å². The van der Waals surface area contributed by atoms with Crippen molar-refractivity contribution in [2.45, 2.75) is 25.3 Å². The molecule has 2 aromatic rings. The summed E-state index contributed by atoms with van der Waals surface area (Å²) in [6, 6.07) is 18.4. The van der Waals surface area contributed by atoms with Crippen LogP contribution < -0.4 is 10.2 Å². The zero-order valence-corrected chi connectivity index (χ0v) is 18.8. The highest BCUT2D eigenvalue weighted by molar-refractivity contribution is 7.91. The van der Waals surface area contributed by atoms with Gasteiger partial charge >= 0.3 is 0 Å². The van der Waals surface area contributed by atoms with Crippen molar-refractivity contribution in [1.82, 2.24) is 4.90 Å². The van der Waals surface area contributed by atoms with E-state index in [9.17, 15) is 18.0 Å². The van der Waals surface area contributed by atoms with Crippen LogP contribution in [0.15, 0.2) is 60.7 Å². The molecule has 0 spiro atoms. The van der Waals surface area contributed by atoms with Crippen molar-refractivity contribution in [3.63, 3.8) is 0 Å². The minimum absolute atomic E-state index is 0.00929. The van der Waals surface area contributed by atoms with Crippen molar-refractivity contribution in [3.8, 4) is 0 Å². The van der Waals surface area contributed by atoms with E-state index in [0.717, 1.165) is 11.4 Å². The van der Waals surface area contributed by atoms with Gasteiger partial charge in [-0.15, -0.1) is 0 Å². The van der Waals surface area contributed by atoms with E-state index in [4.69, 9.17) is 0 Å². The Morgan fingerprint density at radius 1 is 0.938 bits per heavy atom. The van der Waals surface area contributed by atoms with E-state index in [1.807, 2.05) is 60.7 Å². The molecule has 2 amide bonds. The molecule has 8 heteroatoms. The SMILES string of the molecule is O=C(Nc1ccccc1)C1CCN(CC(=O)N(c2ccccc2)[C@H]2CCS(=O)(=O)C2)CC1. The first kappa shape index (κ1) is 22.5. The summed E-state index contributed by atoms with van der Waals surface area (Å²) in [5, 5.41) is 2.96. The highest BCUT2D eigenvalue weighted by Gasteiger charge is 2.36. The molecule has 32 heavy (non-hydrogen) atoms. The van der Waals surface area contributed by atoms with Crippen LogP contribution in [-0.4, -0.2) is 62.3 Å². The minimum Gasteiger partial charge on any atom is -0.326 e. The van der Waals surface area contributed by atoms with Gasteiger partial charge in [-0.25, -0.2) is 8.42 Å². The van der Waals surface area contributed by atoms with Crippen LogP contribution in [0.4, 0.5) is 11.4 Å². The Morgan fingerprint density at radius 2 is 1.56 bits per heavy atom. The summed E-state index contributed by atoms with van der Waals surface area (Å²) in [5.41, 5.74) is 1.52. The molecule has 2 heterocycles. The van der Waals surface area contributed by atoms with Crippen LogP contribution >= 0.6 is 0 Å². The Hall–Kier alpha value is -2.71. The zero-order chi connectivity index (χ0) is 22.6. The Kier molecular flexibility index (Phi) is 6.91. The fraction of sp³-hybridized carbons (Fsp3) is 0.417. The molecule has 0 aromatic heterocycles. The van der Waals surface area contributed by atoms with Gasteiger partial charge in [-0.2, -0.15) is 0 Å². The highest BCUT2D eigenvalue weighted by atomic mass is 32.2. The number of rotatable bonds is 6. The van der Waals surface area contributed by atoms with Crippen LogP contribution in [0.25, 0.3) is 0 Å². The first-order chi connectivity index (χ1) is 15.4. The van der Waals surface area contributed by atoms with Gasteiger partial charge in [0.25, 0.3) is 0 Å². The summed E-state index contributed by atoms with van der Waals surface area (Å²) < 4.78 is 24.1. The van der Waals surface area contributed by atoms with Crippen LogP contribution in [0.1, 0.15) is 19.3 Å². The van der Waals surface area contributed by atoms with Crippen molar-refractivity contribution in [3.05, 3.63) is 60.7 Å². The van der Waals surface area contributed by atoms with Gasteiger partial charge in [0.05, 0.1) is 24.1 Å². The number of sulfone groups is 1. The van der Waals surface area contributed by atoms with E-state index in [1.165, 1.54) is 0 Å². The molecule has 2 fully saturated rings. The molecule has 1 atom stereocenters. The van der Waals surface area contributed by atoms with Crippen LogP contribution in [0.2, 0.25) is 0 Å². The number of nitrogens with one attached hydrogen (secondary N) is 1. The molecule has 1 N–H and O–H groups in total. The van der Waals surface area contributed by atoms with E-state index in [0.29, 0.717) is 32.4 Å². The second kappa shape index (κ2) is 9.83. The molecule has 0 radical (unpaired) electrons. The van der Waals surface area contributed by atoms with Crippen LogP contribution in [0, 0.1) is 5.92 Å². The first-order valence-corrected chi connectivity index (χ1v) is 12.9. The van der Waals surface area contributed by atoms with Gasteiger partial charge < -0.3 is 10.2 Å². The second-order valence-electron chi connectivity index (χ2n) is 8.56. The van der Waals surface area contributed by atoms with Gasteiger partial charge in [0.1, 0.15) is 0 Å². The maximum Gasteiger partial charge on any atom is 0.241 e. The molecule has 0 aliphatic carbocycles. The van der Waals surface area contributed by atoms with Gasteiger partial charge in [0, 0.05) is 17.3 Å². The predicted molar refractivity (Wildman–Crippen MR) is 125 cm³/mol. The van der Waals surface area contributed by atoms with Crippen molar-refractivity contribution < 1.29 is 18.0 Å². The quantitative estimate of drug-likeness (QED) is 0.724. The average molecular weight is 456 g/mol. The van der Waals surface area contributed by atoms with E-state index >= 15 is 0 Å². The molecule has 170 valence electrons. The maximum atomic E-state index is 13.3. The smallest absolute Gasteiger partial charge is 0.241 e. The molecular weight excluding hydrogens is 426 g/mol. The monoisotopic (exact) mass is 455 g/mol. The summed E-state index contributed by atoms with van der Waals surface area (Å²) in [4.78, 5) is 29.6. The van der Waals surface area contributed by atoms with Gasteiger partial charge in [0.2, 0.25) is 11.8 Å². The lowest BCUT2D eigenvalue weighted by atomic mass is 9.95. The molecule has 7 nitrogen and oxygen atoms in total. The summed E-state index contributed by atoms with van der Waals surface area (Å²) >= 11 is 0. The lowest BCUT2D eigenvalue weighted by Crippen LogP contribution is -2.48. The van der Waals surface area contributed by atoms with Gasteiger partial charge in [0.15, 0.2) is 9.84 Å². The number of piperidine rings is 1. The first-order valence-electron chi connectivity index (χ1n) is 11.1. The van der Waals surface area contributed by atoms with Crippen molar-refractivity contribution >= 4 is 33.0 Å². The van der Waals surface area contributed by atoms with Gasteiger partial charge in [-0.1, -0.05) is 36.4 Å². The normalized spacial score (nSPS) is 21.2. The number of carbonyl (C=O) groups is 2. The van der Waals surface area contributed by atoms with Crippen LogP contribution in [0.3, 0.4) is 0 Å². The fourth-order valence-corrected chi connectivity index (χ4v) is 6.21. The van der Waals surface area contributed by atoms with Crippen molar-refractivity contribution in [2.75, 3.05) is 41.4 Å². The Bertz CT molecular complexity index is 1040. The topological polar surface area (TPSA) is 86.8 Å². The zero-order valence-electron chi connectivity index (χ0n) is 18.0. The molecule has 0 unspecified atom stereocenters. The van der Waals surface area contributed by atoms with Gasteiger partial charge in [-0.05, 0) is 56.6 Å². The second-order valence-corrected chi connectivity index (χ2v) is 10.8. The Labute approximate surface area is 189 Å². The largest absolute Gasteiger partial charge is 0.326 e.